The molecule has 0 unspecified atom stereocenters. The van der Waals surface area contributed by atoms with E-state index in [-0.39, 0.29) is 11.9 Å². The van der Waals surface area contributed by atoms with Crippen molar-refractivity contribution in [2.24, 2.45) is 0 Å². The summed E-state index contributed by atoms with van der Waals surface area (Å²) in [4.78, 5) is 14.6. The molecule has 1 aliphatic rings. The molecule has 24 heavy (non-hydrogen) atoms. The minimum absolute atomic E-state index is 0.149. The van der Waals surface area contributed by atoms with Crippen molar-refractivity contribution < 1.29 is 9.32 Å². The minimum Gasteiger partial charge on any atom is -0.374 e. The van der Waals surface area contributed by atoms with Crippen LogP contribution in [0.2, 0.25) is 0 Å². The second-order valence-electron chi connectivity index (χ2n) is 6.37. The number of hydrogen-bond acceptors (Lipinski definition) is 5. The number of nitrogens with zero attached hydrogens (tertiary/aromatic N) is 2. The van der Waals surface area contributed by atoms with Gasteiger partial charge in [0.1, 0.15) is 11.8 Å². The van der Waals surface area contributed by atoms with Gasteiger partial charge in [-0.05, 0) is 57.4 Å². The highest BCUT2D eigenvalue weighted by molar-refractivity contribution is 5.95. The molecule has 0 radical (unpaired) electrons. The zero-order valence-corrected chi connectivity index (χ0v) is 14.4. The van der Waals surface area contributed by atoms with Gasteiger partial charge >= 0.3 is 0 Å². The number of benzene rings is 1. The van der Waals surface area contributed by atoms with Crippen molar-refractivity contribution in [1.29, 1.82) is 0 Å². The summed E-state index contributed by atoms with van der Waals surface area (Å²) in [5.41, 5.74) is 3.45. The van der Waals surface area contributed by atoms with Crippen molar-refractivity contribution in [2.75, 3.05) is 28.6 Å². The number of rotatable bonds is 5. The minimum atomic E-state index is -0.376. The van der Waals surface area contributed by atoms with Gasteiger partial charge in [-0.3, -0.25) is 4.79 Å². The van der Waals surface area contributed by atoms with Gasteiger partial charge < -0.3 is 20.1 Å². The first-order chi connectivity index (χ1) is 11.5. The number of amides is 1. The Morgan fingerprint density at radius 1 is 1.25 bits per heavy atom. The van der Waals surface area contributed by atoms with Crippen molar-refractivity contribution >= 4 is 23.1 Å². The lowest BCUT2D eigenvalue weighted by molar-refractivity contribution is -0.116. The second kappa shape index (κ2) is 6.95. The first-order valence-corrected chi connectivity index (χ1v) is 8.39. The van der Waals surface area contributed by atoms with Gasteiger partial charge in [-0.25, -0.2) is 0 Å². The predicted octanol–water partition coefficient (Wildman–Crippen LogP) is 3.33. The molecule has 3 rings (SSSR count). The average molecular weight is 328 g/mol. The summed E-state index contributed by atoms with van der Waals surface area (Å²) in [5, 5.41) is 9.75. The summed E-state index contributed by atoms with van der Waals surface area (Å²) in [6, 6.07) is 7.58. The van der Waals surface area contributed by atoms with Gasteiger partial charge in [0.05, 0.1) is 0 Å². The molecule has 128 valence electrons. The number of hydrogen-bond donors (Lipinski definition) is 2. The highest BCUT2D eigenvalue weighted by atomic mass is 16.5. The second-order valence-corrected chi connectivity index (χ2v) is 6.37. The quantitative estimate of drug-likeness (QED) is 0.881. The number of carbonyl (C=O) groups is 1. The smallest absolute Gasteiger partial charge is 0.247 e. The fourth-order valence-electron chi connectivity index (χ4n) is 3.03. The lowest BCUT2D eigenvalue weighted by Crippen LogP contribution is -2.32. The summed E-state index contributed by atoms with van der Waals surface area (Å²) in [7, 11) is 0. The lowest BCUT2D eigenvalue weighted by Gasteiger charge is -2.21. The number of carbonyl (C=O) groups excluding carboxylic acids is 1. The Kier molecular flexibility index (Phi) is 4.74. The third-order valence-corrected chi connectivity index (χ3v) is 4.30. The van der Waals surface area contributed by atoms with Crippen LogP contribution in [0.4, 0.5) is 17.2 Å². The van der Waals surface area contributed by atoms with E-state index < -0.39 is 0 Å². The lowest BCUT2D eigenvalue weighted by atomic mass is 10.1. The molecule has 2 heterocycles. The Labute approximate surface area is 142 Å². The Hall–Kier alpha value is -2.50. The standard InChI is InChI=1S/C18H24N4O2/c1-12-10-15(6-7-16(12)22-8-4-5-9-22)19-14(3)18(23)20-17-11-13(2)24-21-17/h6-7,10-11,14,19H,4-5,8-9H2,1-3H3,(H,20,21,23)/t14-/m0/s1. The van der Waals surface area contributed by atoms with Crippen molar-refractivity contribution in [3.63, 3.8) is 0 Å². The van der Waals surface area contributed by atoms with E-state index in [4.69, 9.17) is 4.52 Å². The van der Waals surface area contributed by atoms with E-state index in [1.54, 1.807) is 13.0 Å². The topological polar surface area (TPSA) is 70.4 Å². The Bertz CT molecular complexity index is 720. The number of aromatic nitrogens is 1. The molecular weight excluding hydrogens is 304 g/mol. The monoisotopic (exact) mass is 328 g/mol. The Morgan fingerprint density at radius 3 is 2.62 bits per heavy atom. The van der Waals surface area contributed by atoms with Crippen LogP contribution in [0.3, 0.4) is 0 Å². The first-order valence-electron chi connectivity index (χ1n) is 8.39. The highest BCUT2D eigenvalue weighted by Gasteiger charge is 2.17. The van der Waals surface area contributed by atoms with Crippen LogP contribution < -0.4 is 15.5 Å². The van der Waals surface area contributed by atoms with Gasteiger partial charge in [-0.2, -0.15) is 0 Å². The number of nitrogens with one attached hydrogen (secondary N) is 2. The maximum Gasteiger partial charge on any atom is 0.247 e. The average Bonchev–Trinajstić information content (AvgIpc) is 3.19. The normalized spacial score (nSPS) is 15.4. The third kappa shape index (κ3) is 3.69. The summed E-state index contributed by atoms with van der Waals surface area (Å²) in [6.07, 6.45) is 2.52. The fraction of sp³-hybridized carbons (Fsp3) is 0.444. The van der Waals surface area contributed by atoms with Crippen LogP contribution in [0.5, 0.6) is 0 Å². The number of aryl methyl sites for hydroxylation is 2. The van der Waals surface area contributed by atoms with Crippen LogP contribution in [0, 0.1) is 13.8 Å². The van der Waals surface area contributed by atoms with Gasteiger partial charge in [0.25, 0.3) is 0 Å². The van der Waals surface area contributed by atoms with E-state index in [0.29, 0.717) is 11.6 Å². The van der Waals surface area contributed by atoms with E-state index in [1.165, 1.54) is 24.1 Å². The molecule has 1 aliphatic heterocycles. The Morgan fingerprint density at radius 2 is 2.00 bits per heavy atom. The molecule has 0 spiro atoms. The molecule has 6 heteroatoms. The van der Waals surface area contributed by atoms with Crippen LogP contribution in [0.25, 0.3) is 0 Å². The molecule has 1 atom stereocenters. The van der Waals surface area contributed by atoms with E-state index in [1.807, 2.05) is 13.0 Å². The van der Waals surface area contributed by atoms with Crippen LogP contribution in [0.15, 0.2) is 28.8 Å². The van der Waals surface area contributed by atoms with Crippen LogP contribution in [0.1, 0.15) is 31.1 Å². The van der Waals surface area contributed by atoms with Crippen LogP contribution in [-0.4, -0.2) is 30.2 Å². The third-order valence-electron chi connectivity index (χ3n) is 4.30. The van der Waals surface area contributed by atoms with Crippen molar-refractivity contribution in [3.8, 4) is 0 Å². The van der Waals surface area contributed by atoms with E-state index >= 15 is 0 Å². The van der Waals surface area contributed by atoms with Crippen LogP contribution in [-0.2, 0) is 4.79 Å². The maximum absolute atomic E-state index is 12.2. The molecule has 1 aromatic heterocycles. The Balaban J connectivity index is 1.62. The molecule has 6 nitrogen and oxygen atoms in total. The van der Waals surface area contributed by atoms with Gasteiger partial charge in [-0.1, -0.05) is 5.16 Å². The molecule has 1 saturated heterocycles. The molecule has 0 bridgehead atoms. The van der Waals surface area contributed by atoms with E-state index in [2.05, 4.69) is 39.7 Å². The van der Waals surface area contributed by atoms with Gasteiger partial charge in [0.2, 0.25) is 5.91 Å². The van der Waals surface area contributed by atoms with Crippen molar-refractivity contribution in [2.45, 2.75) is 39.7 Å². The zero-order valence-electron chi connectivity index (χ0n) is 14.4. The molecule has 1 fully saturated rings. The first kappa shape index (κ1) is 16.4. The van der Waals surface area contributed by atoms with Crippen LogP contribution >= 0.6 is 0 Å². The molecular formula is C18H24N4O2. The molecule has 0 saturated carbocycles. The fourth-order valence-corrected chi connectivity index (χ4v) is 3.03. The van der Waals surface area contributed by atoms with Crippen molar-refractivity contribution in [3.05, 3.63) is 35.6 Å². The molecule has 2 N–H and O–H groups in total. The largest absolute Gasteiger partial charge is 0.374 e. The molecule has 1 amide bonds. The summed E-state index contributed by atoms with van der Waals surface area (Å²) < 4.78 is 4.95. The number of anilines is 3. The van der Waals surface area contributed by atoms with E-state index in [0.717, 1.165) is 18.8 Å². The predicted molar refractivity (Wildman–Crippen MR) is 95.6 cm³/mol. The molecule has 1 aromatic carbocycles. The van der Waals surface area contributed by atoms with Gasteiger partial charge in [0.15, 0.2) is 5.82 Å². The zero-order chi connectivity index (χ0) is 17.1. The molecule has 2 aromatic rings. The van der Waals surface area contributed by atoms with E-state index in [9.17, 15) is 4.79 Å². The summed E-state index contributed by atoms with van der Waals surface area (Å²) in [5.74, 6) is 0.954. The van der Waals surface area contributed by atoms with Gasteiger partial charge in [0, 0.05) is 30.5 Å². The van der Waals surface area contributed by atoms with Gasteiger partial charge in [-0.15, -0.1) is 0 Å². The summed E-state index contributed by atoms with van der Waals surface area (Å²) >= 11 is 0. The van der Waals surface area contributed by atoms with Crippen molar-refractivity contribution in [1.82, 2.24) is 5.16 Å². The highest BCUT2D eigenvalue weighted by Crippen LogP contribution is 2.27. The SMILES string of the molecule is Cc1cc(NC(=O)[C@H](C)Nc2ccc(N3CCCC3)c(C)c2)no1. The maximum atomic E-state index is 12.2. The summed E-state index contributed by atoms with van der Waals surface area (Å²) in [6.45, 7) is 7.98. The molecule has 0 aliphatic carbocycles.